The quantitative estimate of drug-likeness (QED) is 0.636. The third kappa shape index (κ3) is 5.20. The van der Waals surface area contributed by atoms with Gasteiger partial charge < -0.3 is 14.8 Å². The van der Waals surface area contributed by atoms with Gasteiger partial charge in [-0.05, 0) is 43.9 Å². The van der Waals surface area contributed by atoms with Crippen molar-refractivity contribution in [2.24, 2.45) is 5.92 Å². The van der Waals surface area contributed by atoms with Crippen molar-refractivity contribution < 1.29 is 9.59 Å². The molecule has 1 aliphatic heterocycles. The first kappa shape index (κ1) is 20.8. The number of nitrogens with zero attached hydrogens (tertiary/aromatic N) is 5. The van der Waals surface area contributed by atoms with Crippen LogP contribution in [0, 0.1) is 12.8 Å². The van der Waals surface area contributed by atoms with Crippen molar-refractivity contribution in [1.29, 1.82) is 0 Å². The normalized spacial score (nSPS) is 16.3. The molecule has 2 amide bonds. The summed E-state index contributed by atoms with van der Waals surface area (Å²) in [7, 11) is 0. The lowest BCUT2D eigenvalue weighted by atomic mass is 9.94. The van der Waals surface area contributed by atoms with Crippen molar-refractivity contribution in [2.75, 3.05) is 19.6 Å². The van der Waals surface area contributed by atoms with Crippen LogP contribution >= 0.6 is 0 Å². The van der Waals surface area contributed by atoms with Gasteiger partial charge in [0.2, 0.25) is 5.91 Å². The number of rotatable bonds is 7. The van der Waals surface area contributed by atoms with E-state index in [2.05, 4.69) is 15.4 Å². The van der Waals surface area contributed by atoms with E-state index >= 15 is 0 Å². The third-order valence-corrected chi connectivity index (χ3v) is 5.64. The van der Waals surface area contributed by atoms with Crippen molar-refractivity contribution in [2.45, 2.75) is 32.7 Å². The van der Waals surface area contributed by atoms with Crippen LogP contribution < -0.4 is 5.32 Å². The van der Waals surface area contributed by atoms with E-state index in [0.717, 1.165) is 24.2 Å². The van der Waals surface area contributed by atoms with E-state index in [1.54, 1.807) is 17.2 Å². The molecule has 8 heteroatoms. The number of likely N-dealkylation sites (tertiary alicyclic amines) is 1. The number of imidazole rings is 1. The molecule has 0 aliphatic carbocycles. The molecule has 162 valence electrons. The lowest BCUT2D eigenvalue weighted by Crippen LogP contribution is -2.41. The number of hydrogen-bond acceptors (Lipinski definition) is 4. The summed E-state index contributed by atoms with van der Waals surface area (Å²) >= 11 is 0. The number of benzene rings is 1. The van der Waals surface area contributed by atoms with Gasteiger partial charge in [-0.1, -0.05) is 18.2 Å². The minimum Gasteiger partial charge on any atom is -0.354 e. The first-order chi connectivity index (χ1) is 15.1. The Hall–Kier alpha value is -3.42. The number of piperidine rings is 1. The maximum atomic E-state index is 13.1. The van der Waals surface area contributed by atoms with Crippen LogP contribution in [0.2, 0.25) is 0 Å². The predicted molar refractivity (Wildman–Crippen MR) is 117 cm³/mol. The van der Waals surface area contributed by atoms with Crippen LogP contribution in [0.5, 0.6) is 0 Å². The van der Waals surface area contributed by atoms with E-state index < -0.39 is 0 Å². The number of carbonyl (C=O) groups is 2. The molecular weight excluding hydrogens is 392 g/mol. The lowest BCUT2D eigenvalue weighted by molar-refractivity contribution is -0.122. The molecule has 0 bridgehead atoms. The Labute approximate surface area is 181 Å². The number of amides is 2. The number of hydrogen-bond donors (Lipinski definition) is 1. The topological polar surface area (TPSA) is 85.1 Å². The fraction of sp³-hybridized carbons (Fsp3) is 0.391. The fourth-order valence-electron chi connectivity index (χ4n) is 4.07. The number of carbonyl (C=O) groups excluding carboxylic acids is 2. The Bertz CT molecular complexity index is 1010. The highest BCUT2D eigenvalue weighted by Gasteiger charge is 2.27. The third-order valence-electron chi connectivity index (χ3n) is 5.64. The van der Waals surface area contributed by atoms with E-state index in [-0.39, 0.29) is 17.7 Å². The second kappa shape index (κ2) is 9.59. The van der Waals surface area contributed by atoms with Crippen molar-refractivity contribution in [3.8, 4) is 5.69 Å². The summed E-state index contributed by atoms with van der Waals surface area (Å²) in [5.41, 5.74) is 2.30. The van der Waals surface area contributed by atoms with E-state index in [9.17, 15) is 9.59 Å². The van der Waals surface area contributed by atoms with Crippen LogP contribution in [-0.2, 0) is 11.3 Å². The number of aryl methyl sites for hydroxylation is 1. The first-order valence-corrected chi connectivity index (χ1v) is 10.7. The molecule has 3 heterocycles. The van der Waals surface area contributed by atoms with Gasteiger partial charge in [0.1, 0.15) is 0 Å². The van der Waals surface area contributed by atoms with Gasteiger partial charge in [-0.25, -0.2) is 9.67 Å². The van der Waals surface area contributed by atoms with Crippen LogP contribution in [0.15, 0.2) is 55.1 Å². The summed E-state index contributed by atoms with van der Waals surface area (Å²) in [5, 5.41) is 7.51. The zero-order chi connectivity index (χ0) is 21.6. The molecule has 0 spiro atoms. The largest absolute Gasteiger partial charge is 0.354 e. The summed E-state index contributed by atoms with van der Waals surface area (Å²) in [6, 6.07) is 11.6. The van der Waals surface area contributed by atoms with Crippen molar-refractivity contribution in [3.05, 3.63) is 66.5 Å². The summed E-state index contributed by atoms with van der Waals surface area (Å²) < 4.78 is 3.72. The standard InChI is InChI=1S/C23H28N6O2/c1-18-14-21(26-29(18)20-7-3-2-4-8-20)23(31)28-11-5-6-19(16-28)15-22(30)25-10-13-27-12-9-24-17-27/h2-4,7-9,12,14,17,19H,5-6,10-11,13,15-16H2,1H3,(H,25,30). The van der Waals surface area contributed by atoms with E-state index in [0.29, 0.717) is 38.3 Å². The maximum Gasteiger partial charge on any atom is 0.274 e. The zero-order valence-corrected chi connectivity index (χ0v) is 17.8. The number of para-hydroxylation sites is 1. The molecule has 1 fully saturated rings. The van der Waals surface area contributed by atoms with Gasteiger partial charge in [0.25, 0.3) is 5.91 Å². The molecule has 1 aliphatic rings. The Morgan fingerprint density at radius 1 is 1.23 bits per heavy atom. The van der Waals surface area contributed by atoms with E-state index in [1.165, 1.54) is 0 Å². The Kier molecular flexibility index (Phi) is 6.45. The fourth-order valence-corrected chi connectivity index (χ4v) is 4.07. The highest BCUT2D eigenvalue weighted by molar-refractivity contribution is 5.92. The monoisotopic (exact) mass is 420 g/mol. The van der Waals surface area contributed by atoms with Gasteiger partial charge in [-0.15, -0.1) is 0 Å². The molecular formula is C23H28N6O2. The molecule has 0 saturated carbocycles. The second-order valence-corrected chi connectivity index (χ2v) is 8.03. The molecule has 1 N–H and O–H groups in total. The van der Waals surface area contributed by atoms with Crippen LogP contribution in [0.1, 0.15) is 35.4 Å². The minimum absolute atomic E-state index is 0.0311. The summed E-state index contributed by atoms with van der Waals surface area (Å²) in [6.45, 7) is 4.51. The van der Waals surface area contributed by atoms with Gasteiger partial charge in [-0.2, -0.15) is 5.10 Å². The highest BCUT2D eigenvalue weighted by Crippen LogP contribution is 2.22. The van der Waals surface area contributed by atoms with Crippen molar-refractivity contribution in [1.82, 2.24) is 29.5 Å². The van der Waals surface area contributed by atoms with Crippen LogP contribution in [0.25, 0.3) is 5.69 Å². The average molecular weight is 421 g/mol. The summed E-state index contributed by atoms with van der Waals surface area (Å²) in [4.78, 5) is 31.2. The Morgan fingerprint density at radius 2 is 2.06 bits per heavy atom. The average Bonchev–Trinajstić information content (AvgIpc) is 3.44. The molecule has 1 saturated heterocycles. The van der Waals surface area contributed by atoms with Gasteiger partial charge in [-0.3, -0.25) is 9.59 Å². The highest BCUT2D eigenvalue weighted by atomic mass is 16.2. The molecule has 4 rings (SSSR count). The van der Waals surface area contributed by atoms with Gasteiger partial charge in [0.15, 0.2) is 5.69 Å². The summed E-state index contributed by atoms with van der Waals surface area (Å²) in [6.07, 6.45) is 7.62. The SMILES string of the molecule is Cc1cc(C(=O)N2CCCC(CC(=O)NCCn3ccnc3)C2)nn1-c1ccccc1. The van der Waals surface area contributed by atoms with Crippen LogP contribution in [-0.4, -0.2) is 55.7 Å². The van der Waals surface area contributed by atoms with Crippen molar-refractivity contribution in [3.63, 3.8) is 0 Å². The molecule has 3 aromatic rings. The molecule has 1 aromatic carbocycles. The van der Waals surface area contributed by atoms with E-state index in [4.69, 9.17) is 0 Å². The van der Waals surface area contributed by atoms with Gasteiger partial charge >= 0.3 is 0 Å². The van der Waals surface area contributed by atoms with Crippen LogP contribution in [0.4, 0.5) is 0 Å². The lowest BCUT2D eigenvalue weighted by Gasteiger charge is -2.32. The van der Waals surface area contributed by atoms with E-state index in [1.807, 2.05) is 59.0 Å². The van der Waals surface area contributed by atoms with Gasteiger partial charge in [0, 0.05) is 50.7 Å². The molecule has 2 aromatic heterocycles. The number of nitrogens with one attached hydrogen (secondary N) is 1. The molecule has 0 radical (unpaired) electrons. The second-order valence-electron chi connectivity index (χ2n) is 8.03. The minimum atomic E-state index is -0.0667. The molecule has 8 nitrogen and oxygen atoms in total. The molecule has 1 atom stereocenters. The Balaban J connectivity index is 1.32. The molecule has 31 heavy (non-hydrogen) atoms. The number of aromatic nitrogens is 4. The van der Waals surface area contributed by atoms with Crippen LogP contribution in [0.3, 0.4) is 0 Å². The first-order valence-electron chi connectivity index (χ1n) is 10.7. The molecule has 1 unspecified atom stereocenters. The van der Waals surface area contributed by atoms with Gasteiger partial charge in [0.05, 0.1) is 12.0 Å². The zero-order valence-electron chi connectivity index (χ0n) is 17.8. The van der Waals surface area contributed by atoms with Crippen molar-refractivity contribution >= 4 is 11.8 Å². The Morgan fingerprint density at radius 3 is 2.84 bits per heavy atom. The summed E-state index contributed by atoms with van der Waals surface area (Å²) in [5.74, 6) is 0.134. The predicted octanol–water partition coefficient (Wildman–Crippen LogP) is 2.44. The smallest absolute Gasteiger partial charge is 0.274 e. The maximum absolute atomic E-state index is 13.1.